The number of rotatable bonds is 4. The van der Waals surface area contributed by atoms with Gasteiger partial charge in [-0.3, -0.25) is 4.79 Å². The topological polar surface area (TPSA) is 96.7 Å². The lowest BCUT2D eigenvalue weighted by molar-refractivity contribution is -0.121. The molecule has 0 aliphatic heterocycles. The number of nitrogens with zero attached hydrogens (tertiary/aromatic N) is 2. The Labute approximate surface area is 123 Å². The van der Waals surface area contributed by atoms with E-state index in [9.17, 15) is 4.79 Å². The van der Waals surface area contributed by atoms with Crippen molar-refractivity contribution in [1.29, 1.82) is 0 Å². The Kier molecular flexibility index (Phi) is 4.15. The van der Waals surface area contributed by atoms with Crippen LogP contribution in [0.2, 0.25) is 0 Å². The van der Waals surface area contributed by atoms with Crippen molar-refractivity contribution in [2.75, 3.05) is 11.9 Å². The van der Waals surface area contributed by atoms with Crippen molar-refractivity contribution >= 4 is 22.8 Å². The Hall–Kier alpha value is -1.95. The number of H-pyrrole nitrogens is 1. The van der Waals surface area contributed by atoms with Gasteiger partial charge in [0.15, 0.2) is 0 Å². The molecule has 2 heterocycles. The Morgan fingerprint density at radius 2 is 2.14 bits per heavy atom. The minimum Gasteiger partial charge on any atom is -0.346 e. The highest BCUT2D eigenvalue weighted by Crippen LogP contribution is 2.31. The van der Waals surface area contributed by atoms with Gasteiger partial charge in [0.1, 0.15) is 17.8 Å². The van der Waals surface area contributed by atoms with Crippen molar-refractivity contribution in [2.24, 2.45) is 17.6 Å². The maximum absolute atomic E-state index is 12.4. The van der Waals surface area contributed by atoms with Crippen LogP contribution in [0.15, 0.2) is 18.6 Å². The molecule has 21 heavy (non-hydrogen) atoms. The van der Waals surface area contributed by atoms with E-state index >= 15 is 0 Å². The van der Waals surface area contributed by atoms with Crippen LogP contribution in [0.5, 0.6) is 0 Å². The number of amides is 1. The number of aromatic amines is 1. The summed E-state index contributed by atoms with van der Waals surface area (Å²) < 4.78 is 0. The summed E-state index contributed by atoms with van der Waals surface area (Å²) in [5.41, 5.74) is 6.34. The normalized spacial score (nSPS) is 22.3. The van der Waals surface area contributed by atoms with Crippen LogP contribution in [-0.4, -0.2) is 27.4 Å². The molecule has 0 atom stereocenters. The Morgan fingerprint density at radius 1 is 1.33 bits per heavy atom. The second kappa shape index (κ2) is 6.22. The van der Waals surface area contributed by atoms with Gasteiger partial charge in [-0.05, 0) is 50.6 Å². The number of nitrogens with two attached hydrogens (primary N) is 1. The molecule has 6 heteroatoms. The first-order valence-electron chi connectivity index (χ1n) is 7.57. The third-order valence-corrected chi connectivity index (χ3v) is 4.39. The summed E-state index contributed by atoms with van der Waals surface area (Å²) in [7, 11) is 0. The monoisotopic (exact) mass is 287 g/mol. The molecule has 2 aromatic heterocycles. The van der Waals surface area contributed by atoms with Crippen LogP contribution in [0.1, 0.15) is 32.1 Å². The first-order valence-corrected chi connectivity index (χ1v) is 7.57. The summed E-state index contributed by atoms with van der Waals surface area (Å²) in [6.45, 7) is 0.744. The maximum Gasteiger partial charge on any atom is 0.228 e. The second-order valence-electron chi connectivity index (χ2n) is 5.75. The lowest BCUT2D eigenvalue weighted by Crippen LogP contribution is -2.28. The van der Waals surface area contributed by atoms with E-state index in [1.807, 2.05) is 6.07 Å². The predicted molar refractivity (Wildman–Crippen MR) is 81.6 cm³/mol. The number of carbonyl (C=O) groups excluding carboxylic acids is 1. The number of nitrogens with one attached hydrogen (secondary N) is 2. The molecule has 0 bridgehead atoms. The Bertz CT molecular complexity index is 615. The van der Waals surface area contributed by atoms with Crippen molar-refractivity contribution in [1.82, 2.24) is 15.0 Å². The van der Waals surface area contributed by atoms with Crippen LogP contribution < -0.4 is 11.1 Å². The van der Waals surface area contributed by atoms with Gasteiger partial charge in [-0.1, -0.05) is 0 Å². The van der Waals surface area contributed by atoms with E-state index in [-0.39, 0.29) is 11.8 Å². The summed E-state index contributed by atoms with van der Waals surface area (Å²) in [6.07, 6.45) is 8.41. The van der Waals surface area contributed by atoms with E-state index in [0.29, 0.717) is 11.7 Å². The van der Waals surface area contributed by atoms with Crippen LogP contribution >= 0.6 is 0 Å². The van der Waals surface area contributed by atoms with Gasteiger partial charge in [-0.15, -0.1) is 0 Å². The molecular weight excluding hydrogens is 266 g/mol. The minimum absolute atomic E-state index is 0.0717. The third kappa shape index (κ3) is 3.05. The number of carbonyl (C=O) groups is 1. The summed E-state index contributed by atoms with van der Waals surface area (Å²) in [6, 6.07) is 1.88. The quantitative estimate of drug-likeness (QED) is 0.801. The van der Waals surface area contributed by atoms with Crippen LogP contribution in [-0.2, 0) is 4.79 Å². The summed E-state index contributed by atoms with van der Waals surface area (Å²) >= 11 is 0. The molecule has 0 radical (unpaired) electrons. The predicted octanol–water partition coefficient (Wildman–Crippen LogP) is 2.05. The lowest BCUT2D eigenvalue weighted by Gasteiger charge is -2.27. The zero-order valence-electron chi connectivity index (χ0n) is 12.0. The number of fused-ring (bicyclic) bond motifs is 1. The molecule has 0 aromatic carbocycles. The van der Waals surface area contributed by atoms with Crippen molar-refractivity contribution in [3.8, 4) is 0 Å². The van der Waals surface area contributed by atoms with Gasteiger partial charge >= 0.3 is 0 Å². The standard InChI is InChI=1S/C15H21N5O/c16-7-5-10-1-3-11(4-2-10)15(21)20-14-12-6-8-17-13(12)18-9-19-14/h6,8-11H,1-5,7,16H2,(H2,17,18,19,20,21). The number of hydrogen-bond acceptors (Lipinski definition) is 4. The first-order chi connectivity index (χ1) is 10.3. The molecular formula is C15H21N5O. The van der Waals surface area contributed by atoms with Gasteiger partial charge < -0.3 is 16.0 Å². The van der Waals surface area contributed by atoms with Crippen LogP contribution in [0, 0.1) is 11.8 Å². The molecule has 1 saturated carbocycles. The zero-order chi connectivity index (χ0) is 14.7. The molecule has 1 aliphatic rings. The van der Waals surface area contributed by atoms with E-state index in [1.54, 1.807) is 6.20 Å². The average molecular weight is 287 g/mol. The molecule has 3 rings (SSSR count). The van der Waals surface area contributed by atoms with Crippen LogP contribution in [0.3, 0.4) is 0 Å². The lowest BCUT2D eigenvalue weighted by atomic mass is 9.80. The minimum atomic E-state index is 0.0717. The van der Waals surface area contributed by atoms with Crippen LogP contribution in [0.4, 0.5) is 5.82 Å². The van der Waals surface area contributed by atoms with E-state index in [1.165, 1.54) is 6.33 Å². The third-order valence-electron chi connectivity index (χ3n) is 4.39. The van der Waals surface area contributed by atoms with E-state index in [2.05, 4.69) is 20.3 Å². The molecule has 0 unspecified atom stereocenters. The summed E-state index contributed by atoms with van der Waals surface area (Å²) in [4.78, 5) is 23.7. The second-order valence-corrected chi connectivity index (χ2v) is 5.75. The highest BCUT2D eigenvalue weighted by Gasteiger charge is 2.26. The summed E-state index contributed by atoms with van der Waals surface area (Å²) in [5.74, 6) is 1.44. The first kappa shape index (κ1) is 14.0. The molecule has 0 saturated heterocycles. The van der Waals surface area contributed by atoms with Gasteiger partial charge in [0.05, 0.1) is 5.39 Å². The maximum atomic E-state index is 12.4. The fraction of sp³-hybridized carbons (Fsp3) is 0.533. The molecule has 1 aliphatic carbocycles. The fourth-order valence-corrected chi connectivity index (χ4v) is 3.14. The molecule has 2 aromatic rings. The number of hydrogen-bond donors (Lipinski definition) is 3. The Balaban J connectivity index is 1.63. The van der Waals surface area contributed by atoms with Crippen molar-refractivity contribution < 1.29 is 4.79 Å². The molecule has 0 spiro atoms. The molecule has 1 amide bonds. The summed E-state index contributed by atoms with van der Waals surface area (Å²) in [5, 5.41) is 3.80. The van der Waals surface area contributed by atoms with Crippen molar-refractivity contribution in [2.45, 2.75) is 32.1 Å². The van der Waals surface area contributed by atoms with Gasteiger partial charge in [0.25, 0.3) is 0 Å². The SMILES string of the molecule is NCCC1CCC(C(=O)Nc2ncnc3[nH]ccc23)CC1. The zero-order valence-corrected chi connectivity index (χ0v) is 12.0. The van der Waals surface area contributed by atoms with E-state index in [0.717, 1.165) is 49.7 Å². The molecule has 4 N–H and O–H groups in total. The van der Waals surface area contributed by atoms with Gasteiger partial charge in [0, 0.05) is 12.1 Å². The average Bonchev–Trinajstić information content (AvgIpc) is 2.98. The fourth-order valence-electron chi connectivity index (χ4n) is 3.14. The van der Waals surface area contributed by atoms with E-state index in [4.69, 9.17) is 5.73 Å². The molecule has 112 valence electrons. The molecule has 6 nitrogen and oxygen atoms in total. The highest BCUT2D eigenvalue weighted by molar-refractivity contribution is 5.99. The number of aromatic nitrogens is 3. The Morgan fingerprint density at radius 3 is 2.90 bits per heavy atom. The van der Waals surface area contributed by atoms with Crippen molar-refractivity contribution in [3.63, 3.8) is 0 Å². The van der Waals surface area contributed by atoms with Gasteiger partial charge in [-0.25, -0.2) is 9.97 Å². The van der Waals surface area contributed by atoms with Crippen molar-refractivity contribution in [3.05, 3.63) is 18.6 Å². The number of anilines is 1. The van der Waals surface area contributed by atoms with Gasteiger partial charge in [-0.2, -0.15) is 0 Å². The molecule has 1 fully saturated rings. The largest absolute Gasteiger partial charge is 0.346 e. The van der Waals surface area contributed by atoms with Crippen LogP contribution in [0.25, 0.3) is 11.0 Å². The van der Waals surface area contributed by atoms with Gasteiger partial charge in [0.2, 0.25) is 5.91 Å². The smallest absolute Gasteiger partial charge is 0.228 e. The van der Waals surface area contributed by atoms with E-state index < -0.39 is 0 Å². The highest BCUT2D eigenvalue weighted by atomic mass is 16.1.